The van der Waals surface area contributed by atoms with Crippen molar-refractivity contribution in [1.29, 1.82) is 0 Å². The summed E-state index contributed by atoms with van der Waals surface area (Å²) >= 11 is 0. The molecule has 232 valence electrons. The maximum absolute atomic E-state index is 13.5. The average molecular weight is 608 g/mol. The van der Waals surface area contributed by atoms with Crippen LogP contribution < -0.4 is 30.7 Å². The molecule has 0 fully saturated rings. The van der Waals surface area contributed by atoms with Crippen LogP contribution >= 0.6 is 0 Å². The van der Waals surface area contributed by atoms with Gasteiger partial charge < -0.3 is 20.1 Å². The molecule has 45 heavy (non-hydrogen) atoms. The molecule has 0 radical (unpaired) electrons. The standard InChI is InChI=1S/C34H37N7O4/c1-20-16-25-26(17-21(20)2)28(45-24-14-15-36-30(18-24)38-32(42)35-6)13-12-27(25)37-33(43)39-31-19-29(34(3,4)5)40-41(31)22-8-10-23(44-7)11-9-22/h8-19H,1-7H3,(H2,37,39,43)(H2,35,36,38,42). The van der Waals surface area contributed by atoms with Gasteiger partial charge in [-0.1, -0.05) is 20.8 Å². The normalized spacial score (nSPS) is 11.2. The molecule has 0 aliphatic heterocycles. The molecule has 0 aliphatic carbocycles. The van der Waals surface area contributed by atoms with E-state index in [4.69, 9.17) is 14.6 Å². The van der Waals surface area contributed by atoms with E-state index in [2.05, 4.69) is 47.0 Å². The number of hydrogen-bond acceptors (Lipinski definition) is 6. The van der Waals surface area contributed by atoms with Gasteiger partial charge >= 0.3 is 12.1 Å². The number of nitrogens with one attached hydrogen (secondary N) is 4. The van der Waals surface area contributed by atoms with Gasteiger partial charge in [-0.05, 0) is 79.6 Å². The van der Waals surface area contributed by atoms with E-state index in [1.165, 1.54) is 7.05 Å². The Hall–Kier alpha value is -5.58. The number of carbonyl (C=O) groups excluding carboxylic acids is 2. The fourth-order valence-corrected chi connectivity index (χ4v) is 4.66. The van der Waals surface area contributed by atoms with Crippen LogP contribution in [0.2, 0.25) is 0 Å². The molecule has 0 bridgehead atoms. The fraction of sp³-hybridized carbons (Fsp3) is 0.235. The predicted molar refractivity (Wildman–Crippen MR) is 177 cm³/mol. The molecule has 0 atom stereocenters. The topological polar surface area (TPSA) is 131 Å². The number of aromatic nitrogens is 3. The molecule has 2 aromatic heterocycles. The molecule has 11 heteroatoms. The molecular formula is C34H37N7O4. The van der Waals surface area contributed by atoms with E-state index in [1.54, 1.807) is 42.3 Å². The number of rotatable bonds is 7. The van der Waals surface area contributed by atoms with Gasteiger partial charge in [-0.25, -0.2) is 19.3 Å². The van der Waals surface area contributed by atoms with Crippen LogP contribution in [0.1, 0.15) is 37.6 Å². The molecule has 0 aliphatic rings. The number of amides is 4. The Labute approximate surface area is 262 Å². The third-order valence-corrected chi connectivity index (χ3v) is 7.30. The number of fused-ring (bicyclic) bond motifs is 1. The molecule has 4 N–H and O–H groups in total. The monoisotopic (exact) mass is 607 g/mol. The molecule has 4 amide bonds. The number of urea groups is 2. The highest BCUT2D eigenvalue weighted by Gasteiger charge is 2.22. The number of hydrogen-bond donors (Lipinski definition) is 4. The van der Waals surface area contributed by atoms with E-state index in [9.17, 15) is 9.59 Å². The second-order valence-electron chi connectivity index (χ2n) is 11.6. The largest absolute Gasteiger partial charge is 0.497 e. The van der Waals surface area contributed by atoms with Crippen LogP contribution in [-0.4, -0.2) is 41.0 Å². The summed E-state index contributed by atoms with van der Waals surface area (Å²) in [5.41, 5.74) is 4.13. The lowest BCUT2D eigenvalue weighted by Gasteiger charge is -2.16. The van der Waals surface area contributed by atoms with Crippen LogP contribution in [0, 0.1) is 13.8 Å². The Kier molecular flexibility index (Phi) is 8.62. The lowest BCUT2D eigenvalue weighted by Crippen LogP contribution is -2.24. The van der Waals surface area contributed by atoms with E-state index in [0.717, 1.165) is 39.0 Å². The van der Waals surface area contributed by atoms with Crippen LogP contribution in [0.4, 0.5) is 26.9 Å². The molecule has 3 aromatic carbocycles. The van der Waals surface area contributed by atoms with E-state index in [0.29, 0.717) is 28.8 Å². The predicted octanol–water partition coefficient (Wildman–Crippen LogP) is 7.53. The highest BCUT2D eigenvalue weighted by atomic mass is 16.5. The summed E-state index contributed by atoms with van der Waals surface area (Å²) in [6, 6.07) is 19.6. The van der Waals surface area contributed by atoms with Gasteiger partial charge in [0.05, 0.1) is 24.2 Å². The quantitative estimate of drug-likeness (QED) is 0.151. The molecule has 0 unspecified atom stereocenters. The number of nitrogens with zero attached hydrogens (tertiary/aromatic N) is 3. The number of anilines is 3. The Bertz CT molecular complexity index is 1870. The first-order valence-electron chi connectivity index (χ1n) is 14.4. The number of carbonyl (C=O) groups is 2. The highest BCUT2D eigenvalue weighted by molar-refractivity contribution is 6.08. The van der Waals surface area contributed by atoms with Gasteiger partial charge in [0.25, 0.3) is 0 Å². The van der Waals surface area contributed by atoms with E-state index >= 15 is 0 Å². The van der Waals surface area contributed by atoms with Gasteiger partial charge in [-0.2, -0.15) is 5.10 Å². The molecule has 0 spiro atoms. The van der Waals surface area contributed by atoms with Gasteiger partial charge in [0, 0.05) is 41.6 Å². The highest BCUT2D eigenvalue weighted by Crippen LogP contribution is 2.37. The Balaban J connectivity index is 1.45. The van der Waals surface area contributed by atoms with Crippen molar-refractivity contribution in [2.24, 2.45) is 0 Å². The van der Waals surface area contributed by atoms with Crippen molar-refractivity contribution in [2.75, 3.05) is 30.1 Å². The lowest BCUT2D eigenvalue weighted by molar-refractivity contribution is 0.254. The first kappa shape index (κ1) is 30.9. The zero-order chi connectivity index (χ0) is 32.3. The number of aryl methyl sites for hydroxylation is 2. The maximum atomic E-state index is 13.5. The van der Waals surface area contributed by atoms with Crippen molar-refractivity contribution < 1.29 is 19.1 Å². The van der Waals surface area contributed by atoms with Crippen LogP contribution in [0.5, 0.6) is 17.2 Å². The van der Waals surface area contributed by atoms with Crippen molar-refractivity contribution in [3.05, 3.63) is 89.7 Å². The summed E-state index contributed by atoms with van der Waals surface area (Å²) in [5, 5.41) is 17.6. The van der Waals surface area contributed by atoms with Crippen molar-refractivity contribution >= 4 is 40.2 Å². The fourth-order valence-electron chi connectivity index (χ4n) is 4.66. The van der Waals surface area contributed by atoms with Gasteiger partial charge in [0.15, 0.2) is 0 Å². The summed E-state index contributed by atoms with van der Waals surface area (Å²) in [5.74, 6) is 2.68. The first-order valence-corrected chi connectivity index (χ1v) is 14.4. The number of methoxy groups -OCH3 is 1. The molecule has 11 nitrogen and oxygen atoms in total. The SMILES string of the molecule is CNC(=O)Nc1cc(Oc2ccc(NC(=O)Nc3cc(C(C)(C)C)nn3-c3ccc(OC)cc3)c3cc(C)c(C)cc23)ccn1. The van der Waals surface area contributed by atoms with Crippen molar-refractivity contribution in [2.45, 2.75) is 40.0 Å². The third-order valence-electron chi connectivity index (χ3n) is 7.30. The molecule has 2 heterocycles. The summed E-state index contributed by atoms with van der Waals surface area (Å²) in [6.07, 6.45) is 1.56. The third kappa shape index (κ3) is 6.98. The van der Waals surface area contributed by atoms with Gasteiger partial charge in [0.1, 0.15) is 28.9 Å². The smallest absolute Gasteiger partial charge is 0.324 e. The Morgan fingerprint density at radius 3 is 2.18 bits per heavy atom. The van der Waals surface area contributed by atoms with Gasteiger partial charge in [0.2, 0.25) is 0 Å². The second kappa shape index (κ2) is 12.6. The number of benzene rings is 3. The Morgan fingerprint density at radius 2 is 1.51 bits per heavy atom. The van der Waals surface area contributed by atoms with E-state index in [-0.39, 0.29) is 11.4 Å². The summed E-state index contributed by atoms with van der Waals surface area (Å²) in [7, 11) is 3.14. The van der Waals surface area contributed by atoms with Crippen molar-refractivity contribution in [1.82, 2.24) is 20.1 Å². The van der Waals surface area contributed by atoms with Crippen LogP contribution in [0.15, 0.2) is 72.9 Å². The lowest BCUT2D eigenvalue weighted by atomic mass is 9.92. The van der Waals surface area contributed by atoms with Gasteiger partial charge in [-0.15, -0.1) is 0 Å². The summed E-state index contributed by atoms with van der Waals surface area (Å²) in [4.78, 5) is 29.4. The minimum absolute atomic E-state index is 0.236. The van der Waals surface area contributed by atoms with Crippen LogP contribution in [0.25, 0.3) is 16.5 Å². The number of pyridine rings is 1. The molecule has 5 aromatic rings. The molecular weight excluding hydrogens is 570 g/mol. The maximum Gasteiger partial charge on any atom is 0.324 e. The van der Waals surface area contributed by atoms with E-state index < -0.39 is 6.03 Å². The molecule has 5 rings (SSSR count). The van der Waals surface area contributed by atoms with Crippen molar-refractivity contribution in [3.8, 4) is 22.9 Å². The Morgan fingerprint density at radius 1 is 0.800 bits per heavy atom. The average Bonchev–Trinajstić information content (AvgIpc) is 3.43. The second-order valence-corrected chi connectivity index (χ2v) is 11.6. The van der Waals surface area contributed by atoms with Crippen molar-refractivity contribution in [3.63, 3.8) is 0 Å². The van der Waals surface area contributed by atoms with E-state index in [1.807, 2.05) is 56.3 Å². The zero-order valence-electron chi connectivity index (χ0n) is 26.4. The van der Waals surface area contributed by atoms with Gasteiger partial charge in [-0.3, -0.25) is 10.6 Å². The molecule has 0 saturated heterocycles. The summed E-state index contributed by atoms with van der Waals surface area (Å²) in [6.45, 7) is 10.3. The zero-order valence-corrected chi connectivity index (χ0v) is 26.4. The molecule has 0 saturated carbocycles. The summed E-state index contributed by atoms with van der Waals surface area (Å²) < 4.78 is 13.3. The number of ether oxygens (including phenoxy) is 2. The van der Waals surface area contributed by atoms with Crippen LogP contribution in [-0.2, 0) is 5.41 Å². The minimum Gasteiger partial charge on any atom is -0.497 e. The minimum atomic E-state index is -0.419. The van der Waals surface area contributed by atoms with Crippen LogP contribution in [0.3, 0.4) is 0 Å². The first-order chi connectivity index (χ1) is 21.4.